The Kier molecular flexibility index (Phi) is 3.26. The Morgan fingerprint density at radius 2 is 2.06 bits per heavy atom. The first-order chi connectivity index (χ1) is 7.96. The summed E-state index contributed by atoms with van der Waals surface area (Å²) in [6.07, 6.45) is -3.14. The average Bonchev–Trinajstić information content (AvgIpc) is 2.72. The lowest BCUT2D eigenvalue weighted by atomic mass is 10.2. The lowest BCUT2D eigenvalue weighted by Gasteiger charge is -2.10. The standard InChI is InChI=1S/C10H5ClF3NOS/c11-7-5-6(9-15-3-4-17-9)1-2-8(7)16-10(12,13)14/h1-5H. The van der Waals surface area contributed by atoms with Gasteiger partial charge in [-0.3, -0.25) is 0 Å². The number of rotatable bonds is 2. The minimum absolute atomic E-state index is 0.102. The van der Waals surface area contributed by atoms with Gasteiger partial charge >= 0.3 is 6.36 Å². The monoisotopic (exact) mass is 279 g/mol. The molecule has 0 amide bonds. The van der Waals surface area contributed by atoms with Crippen LogP contribution in [0.15, 0.2) is 29.8 Å². The van der Waals surface area contributed by atoms with Gasteiger partial charge in [-0.1, -0.05) is 11.6 Å². The second-order valence-corrected chi connectivity index (χ2v) is 4.33. The predicted octanol–water partition coefficient (Wildman–Crippen LogP) is 4.36. The highest BCUT2D eigenvalue weighted by Crippen LogP contribution is 2.34. The molecule has 2 nitrogen and oxygen atoms in total. The van der Waals surface area contributed by atoms with E-state index in [1.54, 1.807) is 11.6 Å². The van der Waals surface area contributed by atoms with E-state index in [-0.39, 0.29) is 5.02 Å². The third kappa shape index (κ3) is 3.10. The smallest absolute Gasteiger partial charge is 0.404 e. The molecule has 90 valence electrons. The van der Waals surface area contributed by atoms with Crippen molar-refractivity contribution in [2.75, 3.05) is 0 Å². The number of aromatic nitrogens is 1. The van der Waals surface area contributed by atoms with E-state index in [0.29, 0.717) is 10.6 Å². The quantitative estimate of drug-likeness (QED) is 0.815. The summed E-state index contributed by atoms with van der Waals surface area (Å²) in [5.74, 6) is -0.417. The molecule has 1 aromatic carbocycles. The topological polar surface area (TPSA) is 22.1 Å². The average molecular weight is 280 g/mol. The highest BCUT2D eigenvalue weighted by Gasteiger charge is 2.32. The molecule has 0 bridgehead atoms. The van der Waals surface area contributed by atoms with E-state index in [1.807, 2.05) is 0 Å². The molecule has 2 aromatic rings. The first-order valence-corrected chi connectivity index (χ1v) is 5.66. The first kappa shape index (κ1) is 12.2. The molecule has 1 heterocycles. The van der Waals surface area contributed by atoms with E-state index in [2.05, 4.69) is 9.72 Å². The van der Waals surface area contributed by atoms with Crippen LogP contribution in [0.4, 0.5) is 13.2 Å². The largest absolute Gasteiger partial charge is 0.573 e. The van der Waals surface area contributed by atoms with Crippen LogP contribution in [0.2, 0.25) is 5.02 Å². The minimum atomic E-state index is -4.74. The van der Waals surface area contributed by atoms with Crippen LogP contribution < -0.4 is 4.74 Å². The van der Waals surface area contributed by atoms with Crippen molar-refractivity contribution in [3.05, 3.63) is 34.8 Å². The summed E-state index contributed by atoms with van der Waals surface area (Å²) in [6.45, 7) is 0. The number of halogens is 4. The maximum atomic E-state index is 12.0. The van der Waals surface area contributed by atoms with Gasteiger partial charge in [0.15, 0.2) is 0 Å². The van der Waals surface area contributed by atoms with Gasteiger partial charge in [-0.15, -0.1) is 24.5 Å². The molecule has 1 aromatic heterocycles. The molecule has 0 fully saturated rings. The van der Waals surface area contributed by atoms with Gasteiger partial charge in [0, 0.05) is 17.1 Å². The Morgan fingerprint density at radius 1 is 1.29 bits per heavy atom. The Hall–Kier alpha value is -1.27. The van der Waals surface area contributed by atoms with E-state index < -0.39 is 12.1 Å². The van der Waals surface area contributed by atoms with Gasteiger partial charge in [0.25, 0.3) is 0 Å². The van der Waals surface area contributed by atoms with Crippen molar-refractivity contribution in [2.24, 2.45) is 0 Å². The van der Waals surface area contributed by atoms with Crippen LogP contribution in [0.3, 0.4) is 0 Å². The van der Waals surface area contributed by atoms with Crippen LogP contribution in [-0.4, -0.2) is 11.3 Å². The number of benzene rings is 1. The van der Waals surface area contributed by atoms with Gasteiger partial charge in [-0.25, -0.2) is 4.98 Å². The summed E-state index contributed by atoms with van der Waals surface area (Å²) in [5, 5.41) is 2.35. The van der Waals surface area contributed by atoms with Crippen molar-refractivity contribution in [3.8, 4) is 16.3 Å². The second-order valence-electron chi connectivity index (χ2n) is 3.03. The number of thiazole rings is 1. The molecule has 0 aliphatic carbocycles. The Balaban J connectivity index is 2.29. The number of nitrogens with zero attached hydrogens (tertiary/aromatic N) is 1. The van der Waals surface area contributed by atoms with E-state index in [0.717, 1.165) is 0 Å². The van der Waals surface area contributed by atoms with Crippen molar-refractivity contribution in [3.63, 3.8) is 0 Å². The van der Waals surface area contributed by atoms with Crippen molar-refractivity contribution < 1.29 is 17.9 Å². The van der Waals surface area contributed by atoms with Gasteiger partial charge in [0.1, 0.15) is 10.8 Å². The van der Waals surface area contributed by atoms with Crippen molar-refractivity contribution in [1.82, 2.24) is 4.98 Å². The Morgan fingerprint density at radius 3 is 2.59 bits per heavy atom. The van der Waals surface area contributed by atoms with Crippen molar-refractivity contribution >= 4 is 22.9 Å². The highest BCUT2D eigenvalue weighted by molar-refractivity contribution is 7.13. The predicted molar refractivity (Wildman–Crippen MR) is 59.2 cm³/mol. The second kappa shape index (κ2) is 4.54. The van der Waals surface area contributed by atoms with Gasteiger partial charge in [-0.2, -0.15) is 0 Å². The summed E-state index contributed by atoms with van der Waals surface area (Å²) in [4.78, 5) is 4.03. The Labute approximate surface area is 104 Å². The lowest BCUT2D eigenvalue weighted by Crippen LogP contribution is -2.17. The fraction of sp³-hybridized carbons (Fsp3) is 0.100. The first-order valence-electron chi connectivity index (χ1n) is 4.41. The molecular weight excluding hydrogens is 275 g/mol. The van der Waals surface area contributed by atoms with Crippen LogP contribution in [-0.2, 0) is 0 Å². The Bertz CT molecular complexity index is 513. The van der Waals surface area contributed by atoms with Gasteiger partial charge in [0.05, 0.1) is 5.02 Å². The lowest BCUT2D eigenvalue weighted by molar-refractivity contribution is -0.274. The van der Waals surface area contributed by atoms with Crippen LogP contribution in [0.25, 0.3) is 10.6 Å². The zero-order valence-electron chi connectivity index (χ0n) is 8.16. The summed E-state index contributed by atoms with van der Waals surface area (Å²) in [7, 11) is 0. The van der Waals surface area contributed by atoms with E-state index in [9.17, 15) is 13.2 Å². The molecule has 0 radical (unpaired) electrons. The van der Waals surface area contributed by atoms with Crippen LogP contribution >= 0.6 is 22.9 Å². The highest BCUT2D eigenvalue weighted by atomic mass is 35.5. The zero-order chi connectivity index (χ0) is 12.5. The molecule has 0 aliphatic heterocycles. The summed E-state index contributed by atoms with van der Waals surface area (Å²) in [6, 6.07) is 4.04. The zero-order valence-corrected chi connectivity index (χ0v) is 9.73. The van der Waals surface area contributed by atoms with Crippen molar-refractivity contribution in [2.45, 2.75) is 6.36 Å². The van der Waals surface area contributed by atoms with Crippen LogP contribution in [0.5, 0.6) is 5.75 Å². The summed E-state index contributed by atoms with van der Waals surface area (Å²) < 4.78 is 39.8. The maximum absolute atomic E-state index is 12.0. The molecule has 0 unspecified atom stereocenters. The molecular formula is C10H5ClF3NOS. The number of hydrogen-bond donors (Lipinski definition) is 0. The molecule has 0 saturated carbocycles. The normalized spacial score (nSPS) is 11.5. The van der Waals surface area contributed by atoms with Crippen LogP contribution in [0.1, 0.15) is 0 Å². The van der Waals surface area contributed by atoms with E-state index >= 15 is 0 Å². The van der Waals surface area contributed by atoms with Crippen molar-refractivity contribution in [1.29, 1.82) is 0 Å². The van der Waals surface area contributed by atoms with Gasteiger partial charge < -0.3 is 4.74 Å². The molecule has 2 rings (SSSR count). The number of alkyl halides is 3. The van der Waals surface area contributed by atoms with E-state index in [1.165, 1.54) is 29.5 Å². The number of hydrogen-bond acceptors (Lipinski definition) is 3. The molecule has 0 atom stereocenters. The molecule has 0 spiro atoms. The molecule has 0 aliphatic rings. The molecule has 0 N–H and O–H groups in total. The molecule has 17 heavy (non-hydrogen) atoms. The maximum Gasteiger partial charge on any atom is 0.573 e. The summed E-state index contributed by atoms with van der Waals surface area (Å²) in [5.41, 5.74) is 0.652. The molecule has 0 saturated heterocycles. The molecule has 7 heteroatoms. The fourth-order valence-electron chi connectivity index (χ4n) is 1.21. The SMILES string of the molecule is FC(F)(F)Oc1ccc(-c2nccs2)cc1Cl. The minimum Gasteiger partial charge on any atom is -0.404 e. The fourth-order valence-corrected chi connectivity index (χ4v) is 2.06. The van der Waals surface area contributed by atoms with Crippen LogP contribution in [0, 0.1) is 0 Å². The summed E-state index contributed by atoms with van der Waals surface area (Å²) >= 11 is 7.08. The number of ether oxygens (including phenoxy) is 1. The van der Waals surface area contributed by atoms with Gasteiger partial charge in [0.2, 0.25) is 0 Å². The third-order valence-electron chi connectivity index (χ3n) is 1.84. The van der Waals surface area contributed by atoms with Gasteiger partial charge in [-0.05, 0) is 18.2 Å². The van der Waals surface area contributed by atoms with E-state index in [4.69, 9.17) is 11.6 Å². The third-order valence-corrected chi connectivity index (χ3v) is 2.95.